The second-order valence-corrected chi connectivity index (χ2v) is 5.72. The molecule has 7 nitrogen and oxygen atoms in total. The van der Waals surface area contributed by atoms with Crippen molar-refractivity contribution in [3.8, 4) is 0 Å². The fraction of sp³-hybridized carbons (Fsp3) is 0.429. The van der Waals surface area contributed by atoms with Gasteiger partial charge in [0.05, 0.1) is 19.2 Å². The molecule has 0 unspecified atom stereocenters. The van der Waals surface area contributed by atoms with Crippen molar-refractivity contribution in [3.63, 3.8) is 0 Å². The van der Waals surface area contributed by atoms with E-state index in [9.17, 15) is 4.79 Å². The summed E-state index contributed by atoms with van der Waals surface area (Å²) in [6, 6.07) is 7.53. The van der Waals surface area contributed by atoms with Crippen LogP contribution in [0, 0.1) is 0 Å². The molecule has 1 saturated heterocycles. The maximum atomic E-state index is 12.4. The third kappa shape index (κ3) is 3.26. The SMILES string of the molecule is C[C@@H]1CO[C@@H](c2cccc(Cl)c2)CN1C(=O)Cn1cnnn1. The largest absolute Gasteiger partial charge is 0.370 e. The number of ether oxygens (including phenoxy) is 1. The van der Waals surface area contributed by atoms with Gasteiger partial charge in [-0.2, -0.15) is 0 Å². The van der Waals surface area contributed by atoms with Crippen LogP contribution in [0.3, 0.4) is 0 Å². The van der Waals surface area contributed by atoms with Gasteiger partial charge in [-0.1, -0.05) is 23.7 Å². The molecule has 0 bridgehead atoms. The molecule has 8 heteroatoms. The van der Waals surface area contributed by atoms with Gasteiger partial charge in [0.2, 0.25) is 5.91 Å². The van der Waals surface area contributed by atoms with Gasteiger partial charge in [-0.3, -0.25) is 4.79 Å². The number of nitrogens with zero attached hydrogens (tertiary/aromatic N) is 5. The summed E-state index contributed by atoms with van der Waals surface area (Å²) in [4.78, 5) is 14.2. The Morgan fingerprint density at radius 3 is 3.09 bits per heavy atom. The van der Waals surface area contributed by atoms with Crippen LogP contribution in [-0.2, 0) is 16.1 Å². The summed E-state index contributed by atoms with van der Waals surface area (Å²) >= 11 is 6.02. The van der Waals surface area contributed by atoms with Gasteiger partial charge in [-0.15, -0.1) is 5.10 Å². The van der Waals surface area contributed by atoms with Crippen molar-refractivity contribution in [2.24, 2.45) is 0 Å². The molecule has 1 amide bonds. The van der Waals surface area contributed by atoms with Gasteiger partial charge in [0.15, 0.2) is 0 Å². The Kier molecular flexibility index (Phi) is 4.35. The molecule has 1 aliphatic rings. The molecule has 0 aliphatic carbocycles. The Balaban J connectivity index is 1.72. The monoisotopic (exact) mass is 321 g/mol. The molecular weight excluding hydrogens is 306 g/mol. The summed E-state index contributed by atoms with van der Waals surface area (Å²) in [7, 11) is 0. The number of amides is 1. The normalized spacial score (nSPS) is 21.8. The smallest absolute Gasteiger partial charge is 0.244 e. The Hall–Kier alpha value is -1.99. The standard InChI is InChI=1S/C14H16ClN5O2/c1-10-8-22-13(11-3-2-4-12(15)5-11)6-20(10)14(21)7-19-9-16-17-18-19/h2-5,9-10,13H,6-8H2,1H3/t10-,13-/m1/s1. The van der Waals surface area contributed by atoms with Crippen LogP contribution in [0.5, 0.6) is 0 Å². The number of hydrogen-bond acceptors (Lipinski definition) is 5. The molecular formula is C14H16ClN5O2. The highest BCUT2D eigenvalue weighted by atomic mass is 35.5. The van der Waals surface area contributed by atoms with Crippen LogP contribution in [0.1, 0.15) is 18.6 Å². The zero-order chi connectivity index (χ0) is 15.5. The zero-order valence-electron chi connectivity index (χ0n) is 12.1. The van der Waals surface area contributed by atoms with Gasteiger partial charge < -0.3 is 9.64 Å². The fourth-order valence-corrected chi connectivity index (χ4v) is 2.69. The average Bonchev–Trinajstić information content (AvgIpc) is 3.00. The van der Waals surface area contributed by atoms with E-state index >= 15 is 0 Å². The van der Waals surface area contributed by atoms with E-state index in [1.54, 1.807) is 4.90 Å². The first-order chi connectivity index (χ1) is 10.6. The zero-order valence-corrected chi connectivity index (χ0v) is 12.8. The molecule has 3 rings (SSSR count). The lowest BCUT2D eigenvalue weighted by atomic mass is 10.1. The third-order valence-corrected chi connectivity index (χ3v) is 3.90. The van der Waals surface area contributed by atoms with E-state index in [0.717, 1.165) is 5.56 Å². The Bertz CT molecular complexity index is 648. The van der Waals surface area contributed by atoms with Crippen molar-refractivity contribution in [2.45, 2.75) is 25.6 Å². The molecule has 2 atom stereocenters. The van der Waals surface area contributed by atoms with E-state index in [4.69, 9.17) is 16.3 Å². The number of carbonyl (C=O) groups excluding carboxylic acids is 1. The highest BCUT2D eigenvalue weighted by Gasteiger charge is 2.30. The summed E-state index contributed by atoms with van der Waals surface area (Å²) in [5.74, 6) is -0.0323. The lowest BCUT2D eigenvalue weighted by Gasteiger charge is -2.38. The minimum atomic E-state index is -0.173. The molecule has 2 heterocycles. The van der Waals surface area contributed by atoms with Gasteiger partial charge >= 0.3 is 0 Å². The average molecular weight is 322 g/mol. The predicted octanol–water partition coefficient (Wildman–Crippen LogP) is 1.32. The summed E-state index contributed by atoms with van der Waals surface area (Å²) in [5.41, 5.74) is 0.972. The van der Waals surface area contributed by atoms with Gasteiger partial charge in [-0.05, 0) is 35.0 Å². The van der Waals surface area contributed by atoms with E-state index < -0.39 is 0 Å². The molecule has 0 saturated carbocycles. The van der Waals surface area contributed by atoms with Gasteiger partial charge in [0.25, 0.3) is 0 Å². The minimum absolute atomic E-state index is 0.0133. The predicted molar refractivity (Wildman–Crippen MR) is 79.1 cm³/mol. The van der Waals surface area contributed by atoms with Crippen molar-refractivity contribution in [2.75, 3.05) is 13.2 Å². The first kappa shape index (κ1) is 14.9. The van der Waals surface area contributed by atoms with Crippen LogP contribution in [0.15, 0.2) is 30.6 Å². The van der Waals surface area contributed by atoms with Crippen molar-refractivity contribution >= 4 is 17.5 Å². The van der Waals surface area contributed by atoms with Crippen LogP contribution in [-0.4, -0.2) is 50.2 Å². The first-order valence-corrected chi connectivity index (χ1v) is 7.38. The second-order valence-electron chi connectivity index (χ2n) is 5.28. The molecule has 1 aliphatic heterocycles. The van der Waals surface area contributed by atoms with Gasteiger partial charge in [0, 0.05) is 5.02 Å². The van der Waals surface area contributed by atoms with Crippen LogP contribution in [0.25, 0.3) is 0 Å². The first-order valence-electron chi connectivity index (χ1n) is 7.01. The maximum absolute atomic E-state index is 12.4. The number of hydrogen-bond donors (Lipinski definition) is 0. The summed E-state index contributed by atoms with van der Waals surface area (Å²) < 4.78 is 7.26. The number of benzene rings is 1. The summed E-state index contributed by atoms with van der Waals surface area (Å²) in [5, 5.41) is 11.5. The van der Waals surface area contributed by atoms with Crippen LogP contribution in [0.2, 0.25) is 5.02 Å². The molecule has 0 radical (unpaired) electrons. The molecule has 116 valence electrons. The molecule has 2 aromatic rings. The Labute approximate surface area is 132 Å². The van der Waals surface area contributed by atoms with Crippen LogP contribution in [0.4, 0.5) is 0 Å². The van der Waals surface area contributed by atoms with E-state index in [1.807, 2.05) is 31.2 Å². The van der Waals surface area contributed by atoms with Crippen LogP contribution >= 0.6 is 11.6 Å². The topological polar surface area (TPSA) is 73.1 Å². The van der Waals surface area contributed by atoms with E-state index in [0.29, 0.717) is 18.2 Å². The quantitative estimate of drug-likeness (QED) is 0.852. The second kappa shape index (κ2) is 6.41. The number of rotatable bonds is 3. The molecule has 1 aromatic heterocycles. The number of carbonyl (C=O) groups is 1. The lowest BCUT2D eigenvalue weighted by Crippen LogP contribution is -2.49. The van der Waals surface area contributed by atoms with Crippen molar-refractivity contribution in [3.05, 3.63) is 41.2 Å². The third-order valence-electron chi connectivity index (χ3n) is 3.66. The summed E-state index contributed by atoms with van der Waals surface area (Å²) in [6.45, 7) is 3.06. The van der Waals surface area contributed by atoms with E-state index in [-0.39, 0.29) is 24.6 Å². The Morgan fingerprint density at radius 2 is 2.36 bits per heavy atom. The number of tetrazole rings is 1. The summed E-state index contributed by atoms with van der Waals surface area (Å²) in [6.07, 6.45) is 1.25. The van der Waals surface area contributed by atoms with Gasteiger partial charge in [-0.25, -0.2) is 4.68 Å². The van der Waals surface area contributed by atoms with E-state index in [2.05, 4.69) is 15.5 Å². The lowest BCUT2D eigenvalue weighted by molar-refractivity contribution is -0.145. The van der Waals surface area contributed by atoms with Crippen LogP contribution < -0.4 is 0 Å². The van der Waals surface area contributed by atoms with Crippen molar-refractivity contribution in [1.82, 2.24) is 25.1 Å². The minimum Gasteiger partial charge on any atom is -0.370 e. The number of aromatic nitrogens is 4. The highest BCUT2D eigenvalue weighted by molar-refractivity contribution is 6.30. The maximum Gasteiger partial charge on any atom is 0.244 e. The molecule has 0 spiro atoms. The molecule has 0 N–H and O–H groups in total. The van der Waals surface area contributed by atoms with Crippen molar-refractivity contribution < 1.29 is 9.53 Å². The Morgan fingerprint density at radius 1 is 1.50 bits per heavy atom. The van der Waals surface area contributed by atoms with Crippen molar-refractivity contribution in [1.29, 1.82) is 0 Å². The van der Waals surface area contributed by atoms with Gasteiger partial charge in [0.1, 0.15) is 19.0 Å². The molecule has 1 aromatic carbocycles. The van der Waals surface area contributed by atoms with E-state index in [1.165, 1.54) is 11.0 Å². The molecule has 1 fully saturated rings. The fourth-order valence-electron chi connectivity index (χ4n) is 2.49. The number of halogens is 1. The highest BCUT2D eigenvalue weighted by Crippen LogP contribution is 2.26. The number of morpholine rings is 1. The molecule has 22 heavy (non-hydrogen) atoms.